The molecule has 0 atom stereocenters. The Labute approximate surface area is 152 Å². The number of carbonyl (C=O) groups excluding carboxylic acids is 2. The van der Waals surface area contributed by atoms with E-state index in [1.807, 2.05) is 0 Å². The molecule has 0 aliphatic carbocycles. The van der Waals surface area contributed by atoms with Crippen molar-refractivity contribution in [3.8, 4) is 0 Å². The van der Waals surface area contributed by atoms with Gasteiger partial charge in [0.05, 0.1) is 11.3 Å². The van der Waals surface area contributed by atoms with Gasteiger partial charge in [0.2, 0.25) is 0 Å². The zero-order valence-electron chi connectivity index (χ0n) is 13.2. The summed E-state index contributed by atoms with van der Waals surface area (Å²) < 4.78 is 0. The molecule has 5 N–H and O–H groups in total. The maximum atomic E-state index is 12.2. The minimum absolute atomic E-state index is 0.0682. The standard InChI is InChI=1S/C17H13ClN4O4/c18-10-5-6-12-9(7-10)8-14(19-12)16(24)22-21-15(23)11-3-1-2-4-13(11)20-17(25)26/h1-8,19-20H,(H,21,23)(H,22,24)(H,25,26). The van der Waals surface area contributed by atoms with Crippen LogP contribution in [0.25, 0.3) is 10.9 Å². The molecule has 3 rings (SSSR count). The highest BCUT2D eigenvalue weighted by molar-refractivity contribution is 6.31. The second kappa shape index (κ2) is 7.16. The van der Waals surface area contributed by atoms with E-state index in [4.69, 9.17) is 16.7 Å². The molecule has 0 unspecified atom stereocenters. The summed E-state index contributed by atoms with van der Waals surface area (Å²) >= 11 is 5.91. The van der Waals surface area contributed by atoms with Crippen LogP contribution >= 0.6 is 11.6 Å². The number of H-pyrrole nitrogens is 1. The molecule has 8 nitrogen and oxygen atoms in total. The maximum Gasteiger partial charge on any atom is 0.409 e. The zero-order chi connectivity index (χ0) is 18.7. The van der Waals surface area contributed by atoms with Gasteiger partial charge in [-0.25, -0.2) is 4.79 Å². The van der Waals surface area contributed by atoms with Crippen molar-refractivity contribution in [2.45, 2.75) is 0 Å². The van der Waals surface area contributed by atoms with E-state index in [1.54, 1.807) is 36.4 Å². The van der Waals surface area contributed by atoms with E-state index in [1.165, 1.54) is 12.1 Å². The number of rotatable bonds is 3. The van der Waals surface area contributed by atoms with E-state index >= 15 is 0 Å². The summed E-state index contributed by atoms with van der Waals surface area (Å²) in [6, 6.07) is 12.8. The first-order chi connectivity index (χ1) is 12.4. The molecule has 132 valence electrons. The topological polar surface area (TPSA) is 123 Å². The van der Waals surface area contributed by atoms with Gasteiger partial charge >= 0.3 is 6.09 Å². The van der Waals surface area contributed by atoms with Crippen LogP contribution in [0.2, 0.25) is 5.02 Å². The molecule has 0 radical (unpaired) electrons. The average molecular weight is 373 g/mol. The maximum absolute atomic E-state index is 12.2. The lowest BCUT2D eigenvalue weighted by Gasteiger charge is -2.10. The molecule has 1 heterocycles. The number of hydrogen-bond acceptors (Lipinski definition) is 3. The van der Waals surface area contributed by atoms with Crippen LogP contribution in [0.5, 0.6) is 0 Å². The number of para-hydroxylation sites is 1. The Balaban J connectivity index is 1.71. The third-order valence-electron chi connectivity index (χ3n) is 3.53. The Hall–Kier alpha value is -3.52. The van der Waals surface area contributed by atoms with Crippen molar-refractivity contribution < 1.29 is 19.5 Å². The third kappa shape index (κ3) is 3.76. The number of halogens is 1. The van der Waals surface area contributed by atoms with E-state index in [2.05, 4.69) is 21.2 Å². The zero-order valence-corrected chi connectivity index (χ0v) is 13.9. The molecule has 3 aromatic rings. The highest BCUT2D eigenvalue weighted by atomic mass is 35.5. The quantitative estimate of drug-likeness (QED) is 0.453. The van der Waals surface area contributed by atoms with Gasteiger partial charge in [-0.3, -0.25) is 25.8 Å². The van der Waals surface area contributed by atoms with Crippen LogP contribution in [0, 0.1) is 0 Å². The van der Waals surface area contributed by atoms with E-state index in [9.17, 15) is 14.4 Å². The van der Waals surface area contributed by atoms with Crippen molar-refractivity contribution in [1.82, 2.24) is 15.8 Å². The Morgan fingerprint density at radius 1 is 0.962 bits per heavy atom. The van der Waals surface area contributed by atoms with Gasteiger partial charge in [-0.15, -0.1) is 0 Å². The Kier molecular flexibility index (Phi) is 4.76. The van der Waals surface area contributed by atoms with Crippen molar-refractivity contribution in [3.05, 3.63) is 64.8 Å². The molecule has 0 bridgehead atoms. The summed E-state index contributed by atoms with van der Waals surface area (Å²) in [7, 11) is 0. The number of aromatic amines is 1. The lowest BCUT2D eigenvalue weighted by atomic mass is 10.1. The van der Waals surface area contributed by atoms with Crippen molar-refractivity contribution in [1.29, 1.82) is 0 Å². The number of carbonyl (C=O) groups is 3. The van der Waals surface area contributed by atoms with Gasteiger partial charge in [0.25, 0.3) is 11.8 Å². The third-order valence-corrected chi connectivity index (χ3v) is 3.77. The molecular weight excluding hydrogens is 360 g/mol. The number of hydrazine groups is 1. The van der Waals surface area contributed by atoms with E-state index < -0.39 is 17.9 Å². The summed E-state index contributed by atoms with van der Waals surface area (Å²) in [6.07, 6.45) is -1.30. The summed E-state index contributed by atoms with van der Waals surface area (Å²) in [5.41, 5.74) is 5.66. The number of carboxylic acid groups (broad SMARTS) is 1. The molecule has 1 aromatic heterocycles. The molecule has 0 fully saturated rings. The van der Waals surface area contributed by atoms with Crippen molar-refractivity contribution in [2.75, 3.05) is 5.32 Å². The molecule has 0 saturated heterocycles. The highest BCUT2D eigenvalue weighted by Gasteiger charge is 2.15. The van der Waals surface area contributed by atoms with Gasteiger partial charge < -0.3 is 10.1 Å². The lowest BCUT2D eigenvalue weighted by Crippen LogP contribution is -2.42. The van der Waals surface area contributed by atoms with Crippen molar-refractivity contribution in [2.24, 2.45) is 0 Å². The minimum atomic E-state index is -1.30. The van der Waals surface area contributed by atoms with Crippen LogP contribution in [-0.2, 0) is 0 Å². The second-order valence-electron chi connectivity index (χ2n) is 5.30. The smallest absolute Gasteiger partial charge is 0.409 e. The fourth-order valence-corrected chi connectivity index (χ4v) is 2.56. The van der Waals surface area contributed by atoms with E-state index in [0.717, 1.165) is 10.9 Å². The molecule has 9 heteroatoms. The van der Waals surface area contributed by atoms with Crippen LogP contribution in [0.15, 0.2) is 48.5 Å². The Morgan fingerprint density at radius 3 is 2.46 bits per heavy atom. The predicted molar refractivity (Wildman–Crippen MR) is 96.3 cm³/mol. The molecule has 3 amide bonds. The summed E-state index contributed by atoms with van der Waals surface area (Å²) in [5.74, 6) is -1.23. The van der Waals surface area contributed by atoms with E-state index in [-0.39, 0.29) is 16.9 Å². The SMILES string of the molecule is O=C(O)Nc1ccccc1C(=O)NNC(=O)c1cc2cc(Cl)ccc2[nH]1. The fourth-order valence-electron chi connectivity index (χ4n) is 2.38. The van der Waals surface area contributed by atoms with Gasteiger partial charge in [-0.2, -0.15) is 0 Å². The summed E-state index contributed by atoms with van der Waals surface area (Å²) in [4.78, 5) is 38.1. The molecule has 0 saturated carbocycles. The van der Waals surface area contributed by atoms with Gasteiger partial charge in [0, 0.05) is 15.9 Å². The number of nitrogens with one attached hydrogen (secondary N) is 4. The van der Waals surface area contributed by atoms with E-state index in [0.29, 0.717) is 5.02 Å². The second-order valence-corrected chi connectivity index (χ2v) is 5.74. The van der Waals surface area contributed by atoms with Crippen LogP contribution in [0.3, 0.4) is 0 Å². The van der Waals surface area contributed by atoms with Crippen LogP contribution in [0.4, 0.5) is 10.5 Å². The highest BCUT2D eigenvalue weighted by Crippen LogP contribution is 2.20. The fraction of sp³-hybridized carbons (Fsp3) is 0. The average Bonchev–Trinajstić information content (AvgIpc) is 3.02. The van der Waals surface area contributed by atoms with Crippen LogP contribution in [-0.4, -0.2) is 28.0 Å². The first-order valence-electron chi connectivity index (χ1n) is 7.42. The van der Waals surface area contributed by atoms with Gasteiger partial charge in [-0.1, -0.05) is 23.7 Å². The summed E-state index contributed by atoms with van der Waals surface area (Å²) in [5, 5.41) is 12.2. The number of anilines is 1. The molecule has 0 spiro atoms. The molecule has 0 aliphatic heterocycles. The van der Waals surface area contributed by atoms with Crippen LogP contribution < -0.4 is 16.2 Å². The van der Waals surface area contributed by atoms with Crippen LogP contribution in [0.1, 0.15) is 20.8 Å². The number of aromatic nitrogens is 1. The van der Waals surface area contributed by atoms with Gasteiger partial charge in [0.15, 0.2) is 0 Å². The largest absolute Gasteiger partial charge is 0.465 e. The monoisotopic (exact) mass is 372 g/mol. The van der Waals surface area contributed by atoms with Gasteiger partial charge in [0.1, 0.15) is 5.69 Å². The Bertz CT molecular complexity index is 1010. The first kappa shape index (κ1) is 17.3. The van der Waals surface area contributed by atoms with Crippen molar-refractivity contribution >= 4 is 46.1 Å². The predicted octanol–water partition coefficient (Wildman–Crippen LogP) is 2.99. The summed E-state index contributed by atoms with van der Waals surface area (Å²) in [6.45, 7) is 0. The molecular formula is C17H13ClN4O4. The number of hydrogen-bond donors (Lipinski definition) is 5. The number of fused-ring (bicyclic) bond motifs is 1. The number of amides is 3. The first-order valence-corrected chi connectivity index (χ1v) is 7.80. The van der Waals surface area contributed by atoms with Gasteiger partial charge in [-0.05, 0) is 36.4 Å². The number of benzene rings is 2. The molecule has 2 aromatic carbocycles. The normalized spacial score (nSPS) is 10.3. The molecule has 26 heavy (non-hydrogen) atoms. The lowest BCUT2D eigenvalue weighted by molar-refractivity contribution is 0.0845. The minimum Gasteiger partial charge on any atom is -0.465 e. The Morgan fingerprint density at radius 2 is 1.69 bits per heavy atom. The van der Waals surface area contributed by atoms with Crippen molar-refractivity contribution in [3.63, 3.8) is 0 Å². The molecule has 0 aliphatic rings.